The molecule has 0 unspecified atom stereocenters. The number of aryl methyl sites for hydroxylation is 1. The van der Waals surface area contributed by atoms with E-state index in [1.54, 1.807) is 29.8 Å². The van der Waals surface area contributed by atoms with E-state index in [4.69, 9.17) is 25.2 Å². The normalized spacial score (nSPS) is 16.1. The van der Waals surface area contributed by atoms with Crippen LogP contribution in [0.15, 0.2) is 48.5 Å². The number of ether oxygens (including phenoxy) is 2. The number of likely N-dealkylation sites (tertiary alicyclic amines) is 1. The summed E-state index contributed by atoms with van der Waals surface area (Å²) in [5.41, 5.74) is 2.01. The minimum atomic E-state index is -2.74. The van der Waals surface area contributed by atoms with Gasteiger partial charge in [-0.05, 0) is 56.3 Å². The lowest BCUT2D eigenvalue weighted by Gasteiger charge is -2.31. The summed E-state index contributed by atoms with van der Waals surface area (Å²) in [5, 5.41) is 9.82. The van der Waals surface area contributed by atoms with Gasteiger partial charge in [-0.25, -0.2) is 19.2 Å². The molecule has 10 heteroatoms. The Hall–Kier alpha value is -3.69. The molecule has 2 aromatic heterocycles. The summed E-state index contributed by atoms with van der Waals surface area (Å²) in [6, 6.07) is 12.7. The number of carboxylic acids is 1. The van der Waals surface area contributed by atoms with Gasteiger partial charge in [-0.2, -0.15) is 0 Å². The SMILES string of the molecule is [2H]C([2H])([2H])Oc1cc(C(=O)O)cc2c1nc(CN1CCC(c3cccc(OCc4ccc(Cl)cc4F)n3)CC1)n2C. The molecule has 0 atom stereocenters. The van der Waals surface area contributed by atoms with Crippen molar-refractivity contribution in [2.24, 2.45) is 7.05 Å². The second-order valence-electron chi connectivity index (χ2n) is 9.31. The first-order valence-electron chi connectivity index (χ1n) is 13.6. The number of carboxylic acid groups (broad SMARTS) is 1. The summed E-state index contributed by atoms with van der Waals surface area (Å²) in [7, 11) is -0.973. The Kier molecular flexibility index (Phi) is 6.44. The standard InChI is InChI=1S/C28H28ClFN4O4/c1-33-23-12-19(28(35)36)13-24(37-2)27(23)32-25(33)15-34-10-8-17(9-11-34)22-4-3-5-26(31-22)38-16-18-6-7-20(29)14-21(18)30/h3-7,12-14,17H,8-11,15-16H2,1-2H3,(H,35,36)/i2D3. The summed E-state index contributed by atoms with van der Waals surface area (Å²) in [4.78, 5) is 23.2. The van der Waals surface area contributed by atoms with Crippen molar-refractivity contribution in [2.75, 3.05) is 20.1 Å². The van der Waals surface area contributed by atoms with Gasteiger partial charge in [0.1, 0.15) is 29.5 Å². The zero-order chi connectivity index (χ0) is 29.3. The van der Waals surface area contributed by atoms with Crippen LogP contribution in [0.25, 0.3) is 11.0 Å². The molecule has 0 aliphatic carbocycles. The molecule has 2 aromatic carbocycles. The molecule has 1 saturated heterocycles. The highest BCUT2D eigenvalue weighted by Crippen LogP contribution is 2.31. The molecular formula is C28H28ClFN4O4. The maximum absolute atomic E-state index is 14.1. The lowest BCUT2D eigenvalue weighted by molar-refractivity contribution is 0.0696. The Morgan fingerprint density at radius 3 is 2.76 bits per heavy atom. The molecule has 0 saturated carbocycles. The van der Waals surface area contributed by atoms with Crippen LogP contribution in [0.1, 0.15) is 50.3 Å². The van der Waals surface area contributed by atoms with Crippen molar-refractivity contribution in [2.45, 2.75) is 31.9 Å². The van der Waals surface area contributed by atoms with E-state index in [0.29, 0.717) is 39.9 Å². The number of aromatic nitrogens is 3. The largest absolute Gasteiger partial charge is 0.494 e. The maximum Gasteiger partial charge on any atom is 0.335 e. The molecule has 198 valence electrons. The molecule has 1 aliphatic heterocycles. The molecule has 0 radical (unpaired) electrons. The van der Waals surface area contributed by atoms with E-state index in [0.717, 1.165) is 31.6 Å². The Morgan fingerprint density at radius 1 is 1.21 bits per heavy atom. The quantitative estimate of drug-likeness (QED) is 0.318. The fourth-order valence-electron chi connectivity index (χ4n) is 4.76. The van der Waals surface area contributed by atoms with Crippen LogP contribution in [0.2, 0.25) is 5.02 Å². The number of methoxy groups -OCH3 is 1. The smallest absolute Gasteiger partial charge is 0.335 e. The van der Waals surface area contributed by atoms with Gasteiger partial charge in [0.15, 0.2) is 0 Å². The van der Waals surface area contributed by atoms with Crippen molar-refractivity contribution in [3.63, 3.8) is 0 Å². The van der Waals surface area contributed by atoms with E-state index >= 15 is 0 Å². The number of rotatable bonds is 8. The van der Waals surface area contributed by atoms with E-state index in [2.05, 4.69) is 14.9 Å². The predicted octanol–water partition coefficient (Wildman–Crippen LogP) is 5.43. The molecule has 1 aliphatic rings. The van der Waals surface area contributed by atoms with Gasteiger partial charge in [0.25, 0.3) is 0 Å². The summed E-state index contributed by atoms with van der Waals surface area (Å²) in [5.74, 6) is -0.390. The third-order valence-electron chi connectivity index (χ3n) is 6.91. The predicted molar refractivity (Wildman–Crippen MR) is 141 cm³/mol. The second-order valence-corrected chi connectivity index (χ2v) is 9.75. The Balaban J connectivity index is 1.25. The fourth-order valence-corrected chi connectivity index (χ4v) is 4.92. The van der Waals surface area contributed by atoms with Crippen LogP contribution in [0.4, 0.5) is 4.39 Å². The number of pyridine rings is 1. The number of nitrogens with zero attached hydrogens (tertiary/aromatic N) is 4. The van der Waals surface area contributed by atoms with Gasteiger partial charge in [-0.3, -0.25) is 4.90 Å². The first-order chi connectivity index (χ1) is 19.5. The Morgan fingerprint density at radius 2 is 2.03 bits per heavy atom. The average Bonchev–Trinajstić information content (AvgIpc) is 3.23. The summed E-state index contributed by atoms with van der Waals surface area (Å²) in [6.45, 7) is 2.09. The number of hydrogen-bond acceptors (Lipinski definition) is 6. The minimum Gasteiger partial charge on any atom is -0.494 e. The van der Waals surface area contributed by atoms with Crippen molar-refractivity contribution in [1.82, 2.24) is 19.4 Å². The van der Waals surface area contributed by atoms with Gasteiger partial charge in [0, 0.05) is 35.3 Å². The number of hydrogen-bond donors (Lipinski definition) is 1. The molecule has 1 fully saturated rings. The van der Waals surface area contributed by atoms with Crippen molar-refractivity contribution in [3.05, 3.63) is 82.0 Å². The van der Waals surface area contributed by atoms with Crippen LogP contribution >= 0.6 is 11.6 Å². The highest BCUT2D eigenvalue weighted by molar-refractivity contribution is 6.30. The zero-order valence-corrected chi connectivity index (χ0v) is 21.4. The van der Waals surface area contributed by atoms with Gasteiger partial charge >= 0.3 is 5.97 Å². The minimum absolute atomic E-state index is 0.0446. The first-order valence-corrected chi connectivity index (χ1v) is 12.5. The number of fused-ring (bicyclic) bond motifs is 1. The average molecular weight is 542 g/mol. The number of benzene rings is 2. The summed E-state index contributed by atoms with van der Waals surface area (Å²) in [6.07, 6.45) is 1.70. The van der Waals surface area contributed by atoms with Crippen molar-refractivity contribution >= 4 is 28.6 Å². The van der Waals surface area contributed by atoms with Crippen LogP contribution in [0.3, 0.4) is 0 Å². The molecule has 3 heterocycles. The van der Waals surface area contributed by atoms with E-state index in [9.17, 15) is 14.3 Å². The third kappa shape index (κ3) is 5.44. The number of halogens is 2. The van der Waals surface area contributed by atoms with Gasteiger partial charge in [0.2, 0.25) is 5.88 Å². The van der Waals surface area contributed by atoms with E-state index in [-0.39, 0.29) is 23.8 Å². The van der Waals surface area contributed by atoms with Crippen LogP contribution in [0, 0.1) is 5.82 Å². The van der Waals surface area contributed by atoms with Gasteiger partial charge in [-0.15, -0.1) is 0 Å². The summed E-state index contributed by atoms with van der Waals surface area (Å²) < 4.78 is 49.1. The number of piperidine rings is 1. The molecule has 5 rings (SSSR count). The topological polar surface area (TPSA) is 89.7 Å². The molecule has 0 bridgehead atoms. The molecular weight excluding hydrogens is 511 g/mol. The number of imidazole rings is 1. The highest BCUT2D eigenvalue weighted by atomic mass is 35.5. The molecule has 38 heavy (non-hydrogen) atoms. The molecule has 4 aromatic rings. The maximum atomic E-state index is 14.1. The monoisotopic (exact) mass is 541 g/mol. The highest BCUT2D eigenvalue weighted by Gasteiger charge is 2.24. The lowest BCUT2D eigenvalue weighted by Crippen LogP contribution is -2.33. The van der Waals surface area contributed by atoms with Crippen molar-refractivity contribution < 1.29 is 27.9 Å². The zero-order valence-electron chi connectivity index (χ0n) is 23.7. The van der Waals surface area contributed by atoms with Crippen LogP contribution in [-0.4, -0.2) is 50.6 Å². The van der Waals surface area contributed by atoms with Crippen LogP contribution in [0.5, 0.6) is 11.6 Å². The van der Waals surface area contributed by atoms with Gasteiger partial charge in [0.05, 0.1) is 28.8 Å². The van der Waals surface area contributed by atoms with E-state index in [1.807, 2.05) is 12.1 Å². The molecule has 0 spiro atoms. The van der Waals surface area contributed by atoms with E-state index < -0.39 is 18.8 Å². The Labute approximate surface area is 228 Å². The molecule has 1 N–H and O–H groups in total. The van der Waals surface area contributed by atoms with E-state index in [1.165, 1.54) is 18.2 Å². The second kappa shape index (κ2) is 11.0. The number of carbonyl (C=O) groups is 1. The van der Waals surface area contributed by atoms with Crippen molar-refractivity contribution in [3.8, 4) is 11.6 Å². The molecule has 0 amide bonds. The van der Waals surface area contributed by atoms with Crippen LogP contribution in [-0.2, 0) is 20.2 Å². The van der Waals surface area contributed by atoms with Crippen molar-refractivity contribution in [1.29, 1.82) is 0 Å². The van der Waals surface area contributed by atoms with Crippen LogP contribution < -0.4 is 9.47 Å². The van der Waals surface area contributed by atoms with Gasteiger partial charge in [-0.1, -0.05) is 23.7 Å². The third-order valence-corrected chi connectivity index (χ3v) is 7.14. The molecule has 8 nitrogen and oxygen atoms in total. The first kappa shape index (κ1) is 22.3. The lowest BCUT2D eigenvalue weighted by atomic mass is 9.93. The fraction of sp³-hybridized carbons (Fsp3) is 0.321. The summed E-state index contributed by atoms with van der Waals surface area (Å²) >= 11 is 5.82. The van der Waals surface area contributed by atoms with Gasteiger partial charge < -0.3 is 19.1 Å². The Bertz CT molecular complexity index is 1590. The number of aromatic carboxylic acids is 1.